The molecule has 1 atom stereocenters. The van der Waals surface area contributed by atoms with E-state index in [9.17, 15) is 4.79 Å². The normalized spacial score (nSPS) is 21.4. The van der Waals surface area contributed by atoms with Crippen LogP contribution in [0.4, 0.5) is 10.5 Å². The number of carbonyl (C=O) groups is 1. The van der Waals surface area contributed by atoms with Crippen molar-refractivity contribution in [1.29, 1.82) is 0 Å². The third-order valence-electron chi connectivity index (χ3n) is 6.37. The van der Waals surface area contributed by atoms with Gasteiger partial charge in [0.2, 0.25) is 5.88 Å². The standard InChI is InChI=1S/C21H27N5O2/c1-28-19-11-15-7-10-26(18(15)13-22-19)21(27)24-8-4-5-16(14-24)20-23-12-17-6-2-3-9-25(17)20/h11-13,16H,2-10,14H2,1H3. The van der Waals surface area contributed by atoms with E-state index in [1.165, 1.54) is 24.4 Å². The van der Waals surface area contributed by atoms with Gasteiger partial charge in [-0.2, -0.15) is 0 Å². The number of hydrogen-bond donors (Lipinski definition) is 0. The topological polar surface area (TPSA) is 63.5 Å². The molecule has 3 aliphatic rings. The van der Waals surface area contributed by atoms with Gasteiger partial charge < -0.3 is 14.2 Å². The van der Waals surface area contributed by atoms with Crippen LogP contribution in [0, 0.1) is 0 Å². The summed E-state index contributed by atoms with van der Waals surface area (Å²) < 4.78 is 7.62. The number of piperidine rings is 1. The van der Waals surface area contributed by atoms with Gasteiger partial charge in [-0.3, -0.25) is 4.90 Å². The van der Waals surface area contributed by atoms with Gasteiger partial charge in [0.1, 0.15) is 5.82 Å². The summed E-state index contributed by atoms with van der Waals surface area (Å²) in [5.74, 6) is 2.12. The third-order valence-corrected chi connectivity index (χ3v) is 6.37. The number of anilines is 1. The molecule has 7 nitrogen and oxygen atoms in total. The van der Waals surface area contributed by atoms with Gasteiger partial charge in [-0.05, 0) is 44.1 Å². The molecule has 28 heavy (non-hydrogen) atoms. The van der Waals surface area contributed by atoms with Crippen LogP contribution in [0.2, 0.25) is 0 Å². The van der Waals surface area contributed by atoms with Gasteiger partial charge in [0.25, 0.3) is 0 Å². The summed E-state index contributed by atoms with van der Waals surface area (Å²) >= 11 is 0. The van der Waals surface area contributed by atoms with Crippen LogP contribution >= 0.6 is 0 Å². The van der Waals surface area contributed by atoms with E-state index in [0.717, 1.165) is 56.6 Å². The zero-order chi connectivity index (χ0) is 19.1. The highest BCUT2D eigenvalue weighted by Crippen LogP contribution is 2.33. The lowest BCUT2D eigenvalue weighted by Gasteiger charge is -2.35. The van der Waals surface area contributed by atoms with E-state index in [0.29, 0.717) is 18.3 Å². The first-order chi connectivity index (χ1) is 13.7. The van der Waals surface area contributed by atoms with Crippen molar-refractivity contribution in [2.75, 3.05) is 31.6 Å². The summed E-state index contributed by atoms with van der Waals surface area (Å²) in [6.45, 7) is 3.36. The third kappa shape index (κ3) is 2.93. The van der Waals surface area contributed by atoms with Crippen molar-refractivity contribution in [3.63, 3.8) is 0 Å². The number of hydrogen-bond acceptors (Lipinski definition) is 4. The zero-order valence-corrected chi connectivity index (χ0v) is 16.4. The van der Waals surface area contributed by atoms with Crippen molar-refractivity contribution in [3.8, 4) is 5.88 Å². The highest BCUT2D eigenvalue weighted by Gasteiger charge is 2.34. The number of pyridine rings is 1. The van der Waals surface area contributed by atoms with Gasteiger partial charge >= 0.3 is 6.03 Å². The molecular weight excluding hydrogens is 354 g/mol. The van der Waals surface area contributed by atoms with Crippen LogP contribution in [0.3, 0.4) is 0 Å². The van der Waals surface area contributed by atoms with Crippen molar-refractivity contribution < 1.29 is 9.53 Å². The number of ether oxygens (including phenoxy) is 1. The molecule has 0 aliphatic carbocycles. The van der Waals surface area contributed by atoms with Crippen molar-refractivity contribution in [3.05, 3.63) is 35.5 Å². The second kappa shape index (κ2) is 7.11. The fourth-order valence-electron chi connectivity index (χ4n) is 4.89. The Morgan fingerprint density at radius 3 is 2.93 bits per heavy atom. The van der Waals surface area contributed by atoms with Crippen LogP contribution in [0.1, 0.15) is 48.7 Å². The van der Waals surface area contributed by atoms with E-state index in [1.54, 1.807) is 13.3 Å². The van der Waals surface area contributed by atoms with E-state index < -0.39 is 0 Å². The molecule has 0 bridgehead atoms. The number of aryl methyl sites for hydroxylation is 1. The van der Waals surface area contributed by atoms with Crippen molar-refractivity contribution in [2.45, 2.75) is 51.0 Å². The lowest BCUT2D eigenvalue weighted by Crippen LogP contribution is -2.47. The number of imidazole rings is 1. The van der Waals surface area contributed by atoms with E-state index in [2.05, 4.69) is 9.55 Å². The number of rotatable bonds is 2. The molecule has 5 heterocycles. The molecule has 1 fully saturated rings. The first-order valence-corrected chi connectivity index (χ1v) is 10.4. The van der Waals surface area contributed by atoms with Crippen LogP contribution < -0.4 is 9.64 Å². The van der Waals surface area contributed by atoms with Gasteiger partial charge in [-0.1, -0.05) is 0 Å². The number of likely N-dealkylation sites (tertiary alicyclic amines) is 1. The predicted molar refractivity (Wildman–Crippen MR) is 106 cm³/mol. The first kappa shape index (κ1) is 17.5. The number of aromatic nitrogens is 3. The highest BCUT2D eigenvalue weighted by molar-refractivity contribution is 5.94. The Labute approximate surface area is 165 Å². The number of carbonyl (C=O) groups excluding carboxylic acids is 1. The minimum absolute atomic E-state index is 0.0980. The number of amides is 2. The summed E-state index contributed by atoms with van der Waals surface area (Å²) in [7, 11) is 1.62. The summed E-state index contributed by atoms with van der Waals surface area (Å²) in [6.07, 6.45) is 10.4. The molecule has 2 amide bonds. The Hall–Kier alpha value is -2.57. The van der Waals surface area contributed by atoms with Crippen LogP contribution in [0.15, 0.2) is 18.5 Å². The Balaban J connectivity index is 1.34. The van der Waals surface area contributed by atoms with Crippen LogP contribution in [-0.4, -0.2) is 52.2 Å². The Kier molecular flexibility index (Phi) is 4.45. The van der Waals surface area contributed by atoms with Gasteiger partial charge in [-0.15, -0.1) is 0 Å². The molecule has 0 saturated carbocycles. The average Bonchev–Trinajstić information content (AvgIpc) is 3.37. The lowest BCUT2D eigenvalue weighted by molar-refractivity contribution is 0.184. The highest BCUT2D eigenvalue weighted by atomic mass is 16.5. The fraction of sp³-hybridized carbons (Fsp3) is 0.571. The molecule has 0 spiro atoms. The lowest BCUT2D eigenvalue weighted by atomic mass is 9.97. The van der Waals surface area contributed by atoms with Gasteiger partial charge in [0.15, 0.2) is 0 Å². The van der Waals surface area contributed by atoms with Crippen LogP contribution in [0.25, 0.3) is 0 Å². The fourth-order valence-corrected chi connectivity index (χ4v) is 4.89. The molecule has 2 aromatic heterocycles. The number of methoxy groups -OCH3 is 1. The molecule has 2 aromatic rings. The van der Waals surface area contributed by atoms with Crippen LogP contribution in [0.5, 0.6) is 5.88 Å². The summed E-state index contributed by atoms with van der Waals surface area (Å²) in [6, 6.07) is 2.04. The predicted octanol–water partition coefficient (Wildman–Crippen LogP) is 2.99. The Morgan fingerprint density at radius 1 is 1.11 bits per heavy atom. The molecule has 0 N–H and O–H groups in total. The maximum Gasteiger partial charge on any atom is 0.324 e. The smallest absolute Gasteiger partial charge is 0.324 e. The van der Waals surface area contributed by atoms with Crippen molar-refractivity contribution in [1.82, 2.24) is 19.4 Å². The molecule has 5 rings (SSSR count). The monoisotopic (exact) mass is 381 g/mol. The van der Waals surface area contributed by atoms with E-state index in [1.807, 2.05) is 22.1 Å². The maximum absolute atomic E-state index is 13.3. The number of urea groups is 1. The van der Waals surface area contributed by atoms with Crippen LogP contribution in [-0.2, 0) is 19.4 Å². The molecule has 7 heteroatoms. The van der Waals surface area contributed by atoms with E-state index in [4.69, 9.17) is 9.72 Å². The molecule has 3 aliphatic heterocycles. The summed E-state index contributed by atoms with van der Waals surface area (Å²) in [4.78, 5) is 26.2. The summed E-state index contributed by atoms with van der Waals surface area (Å²) in [5, 5.41) is 0. The van der Waals surface area contributed by atoms with E-state index >= 15 is 0 Å². The Bertz CT molecular complexity index is 893. The van der Waals surface area contributed by atoms with Crippen molar-refractivity contribution in [2.24, 2.45) is 0 Å². The second-order valence-electron chi connectivity index (χ2n) is 8.04. The molecular formula is C21H27N5O2. The molecule has 1 unspecified atom stereocenters. The SMILES string of the molecule is COc1cc2c(cn1)N(C(=O)N1CCCC(c3ncc4n3CCCC4)C1)CC2. The van der Waals surface area contributed by atoms with Gasteiger partial charge in [0.05, 0.1) is 19.0 Å². The molecule has 148 valence electrons. The molecule has 1 saturated heterocycles. The van der Waals surface area contributed by atoms with Crippen molar-refractivity contribution >= 4 is 11.7 Å². The minimum atomic E-state index is 0.0980. The maximum atomic E-state index is 13.3. The Morgan fingerprint density at radius 2 is 2.04 bits per heavy atom. The zero-order valence-electron chi connectivity index (χ0n) is 16.4. The van der Waals surface area contributed by atoms with E-state index in [-0.39, 0.29) is 6.03 Å². The number of fused-ring (bicyclic) bond motifs is 2. The largest absolute Gasteiger partial charge is 0.481 e. The summed E-state index contributed by atoms with van der Waals surface area (Å²) in [5.41, 5.74) is 3.42. The van der Waals surface area contributed by atoms with Gasteiger partial charge in [0, 0.05) is 50.1 Å². The minimum Gasteiger partial charge on any atom is -0.481 e. The number of nitrogens with zero attached hydrogens (tertiary/aromatic N) is 5. The molecule has 0 aromatic carbocycles. The second-order valence-corrected chi connectivity index (χ2v) is 8.04. The first-order valence-electron chi connectivity index (χ1n) is 10.4. The quantitative estimate of drug-likeness (QED) is 0.802. The molecule has 0 radical (unpaired) electrons. The average molecular weight is 381 g/mol. The van der Waals surface area contributed by atoms with Gasteiger partial charge in [-0.25, -0.2) is 14.8 Å².